The Kier molecular flexibility index (Phi) is 3.10. The number of aryl methyl sites for hydroxylation is 1. The van der Waals surface area contributed by atoms with Crippen molar-refractivity contribution in [3.05, 3.63) is 28.1 Å². The van der Waals surface area contributed by atoms with Crippen molar-refractivity contribution in [3.8, 4) is 0 Å². The van der Waals surface area contributed by atoms with Crippen molar-refractivity contribution in [3.63, 3.8) is 0 Å². The van der Waals surface area contributed by atoms with Crippen LogP contribution >= 0.6 is 34.4 Å². The fourth-order valence-electron chi connectivity index (χ4n) is 1.06. The quantitative estimate of drug-likeness (QED) is 0.839. The van der Waals surface area contributed by atoms with Crippen LogP contribution in [-0.4, -0.2) is 4.98 Å². The number of hydrogen-bond acceptors (Lipinski definition) is 5. The molecule has 0 saturated carbocycles. The Labute approximate surface area is 95.2 Å². The van der Waals surface area contributed by atoms with Gasteiger partial charge in [0.25, 0.3) is 0 Å². The van der Waals surface area contributed by atoms with Crippen LogP contribution in [0.1, 0.15) is 11.3 Å². The Morgan fingerprint density at radius 3 is 3.00 bits per heavy atom. The Bertz CT molecular complexity index is 406. The summed E-state index contributed by atoms with van der Waals surface area (Å²) in [5, 5.41) is 4.94. The molecule has 0 aromatic carbocycles. The number of nitrogens with two attached hydrogens (primary N) is 1. The molecule has 2 aromatic rings. The summed E-state index contributed by atoms with van der Waals surface area (Å²) in [5.41, 5.74) is 8.04. The topological polar surface area (TPSA) is 38.9 Å². The highest BCUT2D eigenvalue weighted by Crippen LogP contribution is 2.32. The van der Waals surface area contributed by atoms with E-state index in [2.05, 4.69) is 21.8 Å². The van der Waals surface area contributed by atoms with E-state index in [1.807, 2.05) is 18.7 Å². The Hall–Kier alpha value is -0.520. The maximum atomic E-state index is 5.62. The van der Waals surface area contributed by atoms with Crippen molar-refractivity contribution >= 4 is 39.6 Å². The number of thiazole rings is 1. The lowest BCUT2D eigenvalue weighted by molar-refractivity contribution is 1.21. The number of aromatic nitrogens is 1. The second-order valence-electron chi connectivity index (χ2n) is 2.85. The van der Waals surface area contributed by atoms with Crippen molar-refractivity contribution in [2.45, 2.75) is 16.9 Å². The molecule has 0 radical (unpaired) electrons. The normalized spacial score (nSPS) is 10.6. The number of hydrogen-bond donors (Lipinski definition) is 1. The van der Waals surface area contributed by atoms with Crippen molar-refractivity contribution in [2.75, 3.05) is 5.73 Å². The van der Waals surface area contributed by atoms with Crippen molar-refractivity contribution in [1.82, 2.24) is 4.98 Å². The molecule has 2 aromatic heterocycles. The van der Waals surface area contributed by atoms with E-state index in [-0.39, 0.29) is 0 Å². The van der Waals surface area contributed by atoms with Crippen LogP contribution in [0.3, 0.4) is 0 Å². The van der Waals surface area contributed by atoms with E-state index in [1.165, 1.54) is 9.77 Å². The van der Waals surface area contributed by atoms with E-state index in [9.17, 15) is 0 Å². The molecule has 0 atom stereocenters. The van der Waals surface area contributed by atoms with Gasteiger partial charge in [0.15, 0.2) is 5.13 Å². The predicted molar refractivity (Wildman–Crippen MR) is 65.1 cm³/mol. The van der Waals surface area contributed by atoms with Crippen LogP contribution in [0.25, 0.3) is 0 Å². The van der Waals surface area contributed by atoms with Gasteiger partial charge in [0.05, 0.1) is 9.90 Å². The van der Waals surface area contributed by atoms with Crippen molar-refractivity contribution in [1.29, 1.82) is 0 Å². The average molecular weight is 242 g/mol. The number of anilines is 1. The summed E-state index contributed by atoms with van der Waals surface area (Å²) in [4.78, 5) is 4.19. The van der Waals surface area contributed by atoms with Crippen LogP contribution in [0.4, 0.5) is 5.13 Å². The SMILES string of the molecule is Cc1nc(N)sc1SCc1ccsc1. The van der Waals surface area contributed by atoms with E-state index >= 15 is 0 Å². The van der Waals surface area contributed by atoms with Gasteiger partial charge >= 0.3 is 0 Å². The van der Waals surface area contributed by atoms with Gasteiger partial charge in [-0.1, -0.05) is 11.3 Å². The highest BCUT2D eigenvalue weighted by atomic mass is 32.2. The summed E-state index contributed by atoms with van der Waals surface area (Å²) in [5.74, 6) is 1.01. The van der Waals surface area contributed by atoms with Gasteiger partial charge in [0, 0.05) is 5.75 Å². The summed E-state index contributed by atoms with van der Waals surface area (Å²) < 4.78 is 1.23. The Morgan fingerprint density at radius 1 is 1.57 bits per heavy atom. The molecule has 74 valence electrons. The van der Waals surface area contributed by atoms with Gasteiger partial charge in [-0.15, -0.1) is 11.8 Å². The monoisotopic (exact) mass is 242 g/mol. The van der Waals surface area contributed by atoms with Gasteiger partial charge in [0.1, 0.15) is 0 Å². The lowest BCUT2D eigenvalue weighted by atomic mass is 10.4. The highest BCUT2D eigenvalue weighted by Gasteiger charge is 2.05. The van der Waals surface area contributed by atoms with Crippen LogP contribution in [0.2, 0.25) is 0 Å². The van der Waals surface area contributed by atoms with E-state index in [0.717, 1.165) is 11.4 Å². The third-order valence-electron chi connectivity index (χ3n) is 1.72. The molecule has 5 heteroatoms. The number of rotatable bonds is 3. The standard InChI is InChI=1S/C9H10N2S3/c1-6-8(14-9(10)11-6)13-5-7-2-3-12-4-7/h2-4H,5H2,1H3,(H2,10,11). The van der Waals surface area contributed by atoms with Gasteiger partial charge in [-0.05, 0) is 29.3 Å². The summed E-state index contributed by atoms with van der Waals surface area (Å²) in [7, 11) is 0. The minimum atomic E-state index is 0.662. The Morgan fingerprint density at radius 2 is 2.43 bits per heavy atom. The third kappa shape index (κ3) is 2.29. The molecule has 2 nitrogen and oxygen atoms in total. The summed E-state index contributed by atoms with van der Waals surface area (Å²) in [6.45, 7) is 2.00. The molecule has 0 aliphatic carbocycles. The molecule has 0 aliphatic heterocycles. The predicted octanol–water partition coefficient (Wildman–Crippen LogP) is 3.39. The first-order valence-electron chi connectivity index (χ1n) is 4.12. The zero-order valence-electron chi connectivity index (χ0n) is 7.69. The number of thioether (sulfide) groups is 1. The van der Waals surface area contributed by atoms with Gasteiger partial charge < -0.3 is 5.73 Å². The molecule has 2 heterocycles. The smallest absolute Gasteiger partial charge is 0.181 e. The maximum absolute atomic E-state index is 5.62. The first kappa shape index (κ1) is 10.0. The highest BCUT2D eigenvalue weighted by molar-refractivity contribution is 8.00. The van der Waals surface area contributed by atoms with Crippen LogP contribution in [0, 0.1) is 6.92 Å². The number of nitrogens with zero attached hydrogens (tertiary/aromatic N) is 1. The van der Waals surface area contributed by atoms with Gasteiger partial charge in [-0.3, -0.25) is 0 Å². The largest absolute Gasteiger partial charge is 0.375 e. The molecule has 0 amide bonds. The molecular weight excluding hydrogens is 232 g/mol. The average Bonchev–Trinajstić information content (AvgIpc) is 2.72. The van der Waals surface area contributed by atoms with Crippen LogP contribution in [0.15, 0.2) is 21.0 Å². The van der Waals surface area contributed by atoms with E-state index in [4.69, 9.17) is 5.73 Å². The number of thiophene rings is 1. The van der Waals surface area contributed by atoms with Crippen LogP contribution in [0.5, 0.6) is 0 Å². The lowest BCUT2D eigenvalue weighted by Crippen LogP contribution is -1.80. The Balaban J connectivity index is 2.01. The van der Waals surface area contributed by atoms with E-state index in [1.54, 1.807) is 22.7 Å². The molecule has 0 unspecified atom stereocenters. The summed E-state index contributed by atoms with van der Waals surface area (Å²) in [6.07, 6.45) is 0. The lowest BCUT2D eigenvalue weighted by Gasteiger charge is -1.95. The molecule has 14 heavy (non-hydrogen) atoms. The van der Waals surface area contributed by atoms with E-state index < -0.39 is 0 Å². The fourth-order valence-corrected chi connectivity index (χ4v) is 3.80. The molecule has 0 aliphatic rings. The first-order chi connectivity index (χ1) is 6.75. The zero-order valence-corrected chi connectivity index (χ0v) is 10.1. The first-order valence-corrected chi connectivity index (χ1v) is 6.87. The molecule has 0 fully saturated rings. The second-order valence-corrected chi connectivity index (χ2v) is 5.90. The van der Waals surface area contributed by atoms with Gasteiger partial charge in [-0.25, -0.2) is 4.98 Å². The molecule has 0 spiro atoms. The van der Waals surface area contributed by atoms with E-state index in [0.29, 0.717) is 5.13 Å². The molecule has 0 bridgehead atoms. The summed E-state index contributed by atoms with van der Waals surface area (Å²) >= 11 is 5.11. The van der Waals surface area contributed by atoms with Crippen molar-refractivity contribution in [2.24, 2.45) is 0 Å². The molecule has 2 rings (SSSR count). The third-order valence-corrected chi connectivity index (χ3v) is 4.87. The molecular formula is C9H10N2S3. The second kappa shape index (κ2) is 4.33. The minimum absolute atomic E-state index is 0.662. The van der Waals surface area contributed by atoms with Crippen LogP contribution in [-0.2, 0) is 5.75 Å². The zero-order chi connectivity index (χ0) is 9.97. The maximum Gasteiger partial charge on any atom is 0.181 e. The minimum Gasteiger partial charge on any atom is -0.375 e. The fraction of sp³-hybridized carbons (Fsp3) is 0.222. The van der Waals surface area contributed by atoms with Crippen LogP contribution < -0.4 is 5.73 Å². The van der Waals surface area contributed by atoms with Gasteiger partial charge in [0.2, 0.25) is 0 Å². The van der Waals surface area contributed by atoms with Gasteiger partial charge in [-0.2, -0.15) is 11.3 Å². The molecule has 2 N–H and O–H groups in total. The summed E-state index contributed by atoms with van der Waals surface area (Å²) in [6, 6.07) is 2.15. The molecule has 0 saturated heterocycles. The van der Waals surface area contributed by atoms with Crippen molar-refractivity contribution < 1.29 is 0 Å². The number of nitrogen functional groups attached to an aromatic ring is 1.